The summed E-state index contributed by atoms with van der Waals surface area (Å²) in [4.78, 5) is 11.5. The molecule has 0 bridgehead atoms. The SMILES string of the molecule is CN(C)c1ccc2nc(Nc3ccccc3)nc(Nc3cccc(Cl)c3)c2c1.Cl. The lowest BCUT2D eigenvalue weighted by atomic mass is 10.2. The maximum absolute atomic E-state index is 6.14. The van der Waals surface area contributed by atoms with E-state index in [1.54, 1.807) is 0 Å². The topological polar surface area (TPSA) is 53.1 Å². The Bertz CT molecular complexity index is 1120. The average molecular weight is 426 g/mol. The lowest BCUT2D eigenvalue weighted by molar-refractivity contribution is 1.13. The predicted molar refractivity (Wildman–Crippen MR) is 126 cm³/mol. The largest absolute Gasteiger partial charge is 0.378 e. The number of rotatable bonds is 5. The summed E-state index contributed by atoms with van der Waals surface area (Å²) in [7, 11) is 4.02. The van der Waals surface area contributed by atoms with Crippen molar-refractivity contribution in [2.45, 2.75) is 0 Å². The van der Waals surface area contributed by atoms with E-state index in [1.165, 1.54) is 0 Å². The number of para-hydroxylation sites is 1. The molecule has 4 aromatic rings. The van der Waals surface area contributed by atoms with Crippen LogP contribution in [0.15, 0.2) is 72.8 Å². The Morgan fingerprint density at radius 1 is 0.793 bits per heavy atom. The van der Waals surface area contributed by atoms with Crippen LogP contribution in [0.4, 0.5) is 28.8 Å². The molecule has 7 heteroatoms. The van der Waals surface area contributed by atoms with Gasteiger partial charge >= 0.3 is 0 Å². The number of hydrogen-bond acceptors (Lipinski definition) is 5. The summed E-state index contributed by atoms with van der Waals surface area (Å²) in [5, 5.41) is 8.26. The average Bonchev–Trinajstić information content (AvgIpc) is 2.68. The number of anilines is 5. The molecule has 0 amide bonds. The normalized spacial score (nSPS) is 10.3. The van der Waals surface area contributed by atoms with E-state index in [4.69, 9.17) is 16.6 Å². The highest BCUT2D eigenvalue weighted by Gasteiger charge is 2.11. The van der Waals surface area contributed by atoms with Gasteiger partial charge in [0.25, 0.3) is 0 Å². The van der Waals surface area contributed by atoms with Crippen molar-refractivity contribution in [3.63, 3.8) is 0 Å². The van der Waals surface area contributed by atoms with Crippen molar-refractivity contribution in [1.82, 2.24) is 9.97 Å². The van der Waals surface area contributed by atoms with Crippen LogP contribution in [0.3, 0.4) is 0 Å². The van der Waals surface area contributed by atoms with Crippen molar-refractivity contribution in [2.75, 3.05) is 29.6 Å². The van der Waals surface area contributed by atoms with E-state index in [0.29, 0.717) is 11.0 Å². The van der Waals surface area contributed by atoms with Gasteiger partial charge in [0.2, 0.25) is 5.95 Å². The Hall–Kier alpha value is -3.02. The molecule has 1 aromatic heterocycles. The maximum Gasteiger partial charge on any atom is 0.229 e. The molecule has 0 aliphatic carbocycles. The first-order valence-electron chi connectivity index (χ1n) is 8.92. The number of halogens is 2. The van der Waals surface area contributed by atoms with E-state index in [-0.39, 0.29) is 12.4 Å². The highest BCUT2D eigenvalue weighted by Crippen LogP contribution is 2.30. The summed E-state index contributed by atoms with van der Waals surface area (Å²) in [5.74, 6) is 1.25. The third-order valence-electron chi connectivity index (χ3n) is 4.31. The quantitative estimate of drug-likeness (QED) is 0.395. The minimum atomic E-state index is 0. The molecule has 0 aliphatic rings. The van der Waals surface area contributed by atoms with Crippen molar-refractivity contribution in [1.29, 1.82) is 0 Å². The maximum atomic E-state index is 6.14. The van der Waals surface area contributed by atoms with Gasteiger partial charge in [-0.15, -0.1) is 12.4 Å². The Labute approximate surface area is 181 Å². The molecule has 2 N–H and O–H groups in total. The van der Waals surface area contributed by atoms with Crippen LogP contribution in [0.1, 0.15) is 0 Å². The zero-order valence-electron chi connectivity index (χ0n) is 16.1. The van der Waals surface area contributed by atoms with E-state index in [9.17, 15) is 0 Å². The van der Waals surface area contributed by atoms with Gasteiger partial charge in [-0.25, -0.2) is 4.98 Å². The fourth-order valence-corrected chi connectivity index (χ4v) is 3.09. The first-order valence-corrected chi connectivity index (χ1v) is 9.30. The number of nitrogens with one attached hydrogen (secondary N) is 2. The fourth-order valence-electron chi connectivity index (χ4n) is 2.90. The molecule has 5 nitrogen and oxygen atoms in total. The number of nitrogens with zero attached hydrogens (tertiary/aromatic N) is 3. The first-order chi connectivity index (χ1) is 13.6. The highest BCUT2D eigenvalue weighted by atomic mass is 35.5. The van der Waals surface area contributed by atoms with E-state index in [0.717, 1.165) is 33.8 Å². The Morgan fingerprint density at radius 3 is 2.28 bits per heavy atom. The summed E-state index contributed by atoms with van der Waals surface area (Å²) >= 11 is 6.14. The minimum Gasteiger partial charge on any atom is -0.378 e. The van der Waals surface area contributed by atoms with E-state index in [1.807, 2.05) is 80.8 Å². The van der Waals surface area contributed by atoms with Gasteiger partial charge in [-0.05, 0) is 48.5 Å². The molecule has 4 rings (SSSR count). The van der Waals surface area contributed by atoms with Gasteiger partial charge in [-0.1, -0.05) is 35.9 Å². The lowest BCUT2D eigenvalue weighted by Gasteiger charge is -2.16. The molecular formula is C22H21Cl2N5. The molecule has 0 spiro atoms. The Balaban J connectivity index is 0.00000240. The van der Waals surface area contributed by atoms with Crippen LogP contribution in [0.2, 0.25) is 5.02 Å². The van der Waals surface area contributed by atoms with Crippen LogP contribution in [-0.4, -0.2) is 24.1 Å². The summed E-state index contributed by atoms with van der Waals surface area (Å²) in [6, 6.07) is 23.6. The summed E-state index contributed by atoms with van der Waals surface area (Å²) < 4.78 is 0. The Morgan fingerprint density at radius 2 is 1.55 bits per heavy atom. The molecule has 0 saturated carbocycles. The van der Waals surface area contributed by atoms with Crippen molar-refractivity contribution in [2.24, 2.45) is 0 Å². The second kappa shape index (κ2) is 8.99. The smallest absolute Gasteiger partial charge is 0.229 e. The molecule has 3 aromatic carbocycles. The number of benzene rings is 3. The van der Waals surface area contributed by atoms with Crippen molar-refractivity contribution in [3.05, 3.63) is 77.8 Å². The molecule has 0 radical (unpaired) electrons. The van der Waals surface area contributed by atoms with Gasteiger partial charge in [0.15, 0.2) is 0 Å². The zero-order chi connectivity index (χ0) is 19.5. The second-order valence-corrected chi connectivity index (χ2v) is 7.05. The molecule has 0 saturated heterocycles. The number of aromatic nitrogens is 2. The lowest BCUT2D eigenvalue weighted by Crippen LogP contribution is -2.09. The molecule has 148 valence electrons. The zero-order valence-corrected chi connectivity index (χ0v) is 17.6. The van der Waals surface area contributed by atoms with Gasteiger partial charge in [0.05, 0.1) is 5.52 Å². The van der Waals surface area contributed by atoms with E-state index >= 15 is 0 Å². The van der Waals surface area contributed by atoms with Crippen molar-refractivity contribution >= 4 is 63.7 Å². The fraction of sp³-hybridized carbons (Fsp3) is 0.0909. The minimum absolute atomic E-state index is 0. The number of hydrogen-bond donors (Lipinski definition) is 2. The van der Waals surface area contributed by atoms with E-state index < -0.39 is 0 Å². The Kier molecular flexibility index (Phi) is 6.42. The van der Waals surface area contributed by atoms with Gasteiger partial charge in [-0.3, -0.25) is 0 Å². The van der Waals surface area contributed by atoms with Crippen LogP contribution < -0.4 is 15.5 Å². The highest BCUT2D eigenvalue weighted by molar-refractivity contribution is 6.30. The van der Waals surface area contributed by atoms with Crippen molar-refractivity contribution in [3.8, 4) is 0 Å². The second-order valence-electron chi connectivity index (χ2n) is 6.62. The molecule has 1 heterocycles. The molecule has 29 heavy (non-hydrogen) atoms. The molecule has 0 atom stereocenters. The molecule has 0 aliphatic heterocycles. The van der Waals surface area contributed by atoms with Gasteiger partial charge < -0.3 is 15.5 Å². The van der Waals surface area contributed by atoms with Gasteiger partial charge in [0.1, 0.15) is 5.82 Å². The standard InChI is InChI=1S/C22H20ClN5.ClH/c1-28(2)18-11-12-20-19(14-18)21(24-17-10-6-7-15(23)13-17)27-22(26-20)25-16-8-4-3-5-9-16;/h3-14H,1-2H3,(H2,24,25,26,27);1H. The molecule has 0 fully saturated rings. The summed E-state index contributed by atoms with van der Waals surface area (Å²) in [6.07, 6.45) is 0. The predicted octanol–water partition coefficient (Wildman–Crippen LogP) is 6.26. The first kappa shape index (κ1) is 20.7. The monoisotopic (exact) mass is 425 g/mol. The van der Waals surface area contributed by atoms with Gasteiger partial charge in [0, 0.05) is 41.6 Å². The molecule has 0 unspecified atom stereocenters. The number of fused-ring (bicyclic) bond motifs is 1. The van der Waals surface area contributed by atoms with Crippen molar-refractivity contribution < 1.29 is 0 Å². The van der Waals surface area contributed by atoms with Crippen LogP contribution in [0.25, 0.3) is 10.9 Å². The van der Waals surface area contributed by atoms with Crippen LogP contribution in [0, 0.1) is 0 Å². The third-order valence-corrected chi connectivity index (χ3v) is 4.55. The van der Waals surface area contributed by atoms with E-state index in [2.05, 4.69) is 26.6 Å². The van der Waals surface area contributed by atoms with Gasteiger partial charge in [-0.2, -0.15) is 4.98 Å². The van der Waals surface area contributed by atoms with Crippen LogP contribution in [-0.2, 0) is 0 Å². The summed E-state index contributed by atoms with van der Waals surface area (Å²) in [5.41, 5.74) is 3.73. The van der Waals surface area contributed by atoms with Crippen LogP contribution in [0.5, 0.6) is 0 Å². The summed E-state index contributed by atoms with van der Waals surface area (Å²) in [6.45, 7) is 0. The third kappa shape index (κ3) is 4.88. The molecular weight excluding hydrogens is 405 g/mol. The van der Waals surface area contributed by atoms with Crippen LogP contribution >= 0.6 is 24.0 Å².